The lowest BCUT2D eigenvalue weighted by Crippen LogP contribution is -1.95. The predicted molar refractivity (Wildman–Crippen MR) is 108 cm³/mol. The number of hydrogen-bond acceptors (Lipinski definition) is 3. The molecule has 0 radical (unpaired) electrons. The van der Waals surface area contributed by atoms with Crippen molar-refractivity contribution in [3.8, 4) is 22.5 Å². The average molecular weight is 356 g/mol. The van der Waals surface area contributed by atoms with Crippen LogP contribution >= 0.6 is 0 Å². The van der Waals surface area contributed by atoms with E-state index in [1.807, 2.05) is 24.3 Å². The summed E-state index contributed by atoms with van der Waals surface area (Å²) in [7, 11) is 0. The Bertz CT molecular complexity index is 1150. The fourth-order valence-corrected chi connectivity index (χ4v) is 3.56. The van der Waals surface area contributed by atoms with Crippen LogP contribution in [-0.4, -0.2) is 9.97 Å². The van der Waals surface area contributed by atoms with Crippen LogP contribution in [0.1, 0.15) is 19.7 Å². The van der Waals surface area contributed by atoms with Gasteiger partial charge < -0.3 is 13.8 Å². The van der Waals surface area contributed by atoms with Crippen molar-refractivity contribution >= 4 is 21.9 Å². The molecular weight excluding hydrogens is 336 g/mol. The molecule has 0 atom stereocenters. The molecule has 0 saturated heterocycles. The molecule has 5 aromatic rings. The van der Waals surface area contributed by atoms with Gasteiger partial charge in [0.25, 0.3) is 0 Å². The SMILES string of the molecule is CC(C)Cc1nc(-c2ccc3occc3c2)c(-c2ccc3occc3c2)[nH]1. The molecule has 0 spiro atoms. The maximum atomic E-state index is 5.48. The van der Waals surface area contributed by atoms with Crippen LogP contribution in [0.5, 0.6) is 0 Å². The maximum Gasteiger partial charge on any atom is 0.133 e. The summed E-state index contributed by atoms with van der Waals surface area (Å²) in [5.41, 5.74) is 5.97. The lowest BCUT2D eigenvalue weighted by atomic mass is 10.0. The predicted octanol–water partition coefficient (Wildman–Crippen LogP) is 6.43. The molecule has 0 unspecified atom stereocenters. The first-order valence-electron chi connectivity index (χ1n) is 9.21. The largest absolute Gasteiger partial charge is 0.464 e. The van der Waals surface area contributed by atoms with Gasteiger partial charge in [-0.2, -0.15) is 0 Å². The van der Waals surface area contributed by atoms with Crippen molar-refractivity contribution in [1.82, 2.24) is 9.97 Å². The van der Waals surface area contributed by atoms with Crippen molar-refractivity contribution in [3.05, 3.63) is 66.9 Å². The third kappa shape index (κ3) is 2.83. The highest BCUT2D eigenvalue weighted by molar-refractivity contribution is 5.89. The van der Waals surface area contributed by atoms with E-state index in [-0.39, 0.29) is 0 Å². The maximum absolute atomic E-state index is 5.48. The molecule has 0 aliphatic heterocycles. The van der Waals surface area contributed by atoms with E-state index >= 15 is 0 Å². The number of benzene rings is 2. The number of nitrogens with one attached hydrogen (secondary N) is 1. The van der Waals surface area contributed by atoms with Crippen LogP contribution in [0, 0.1) is 5.92 Å². The fourth-order valence-electron chi connectivity index (χ4n) is 3.56. The summed E-state index contributed by atoms with van der Waals surface area (Å²) in [6.45, 7) is 4.41. The van der Waals surface area contributed by atoms with Crippen molar-refractivity contribution in [2.75, 3.05) is 0 Å². The molecule has 27 heavy (non-hydrogen) atoms. The topological polar surface area (TPSA) is 55.0 Å². The number of fused-ring (bicyclic) bond motifs is 2. The zero-order chi connectivity index (χ0) is 18.4. The van der Waals surface area contributed by atoms with E-state index in [9.17, 15) is 0 Å². The molecule has 0 amide bonds. The highest BCUT2D eigenvalue weighted by atomic mass is 16.3. The quantitative estimate of drug-likeness (QED) is 0.403. The molecule has 0 bridgehead atoms. The molecule has 5 rings (SSSR count). The van der Waals surface area contributed by atoms with Crippen molar-refractivity contribution in [2.45, 2.75) is 20.3 Å². The van der Waals surface area contributed by atoms with Crippen LogP contribution in [0.4, 0.5) is 0 Å². The number of rotatable bonds is 4. The van der Waals surface area contributed by atoms with Gasteiger partial charge in [0.15, 0.2) is 0 Å². The van der Waals surface area contributed by atoms with Gasteiger partial charge in [0, 0.05) is 28.3 Å². The normalized spacial score (nSPS) is 11.8. The summed E-state index contributed by atoms with van der Waals surface area (Å²) < 4.78 is 11.0. The van der Waals surface area contributed by atoms with E-state index in [0.29, 0.717) is 5.92 Å². The van der Waals surface area contributed by atoms with E-state index in [1.54, 1.807) is 12.5 Å². The first-order chi connectivity index (χ1) is 13.2. The molecule has 0 fully saturated rings. The average Bonchev–Trinajstić information content (AvgIpc) is 3.38. The van der Waals surface area contributed by atoms with Gasteiger partial charge in [-0.3, -0.25) is 0 Å². The molecule has 0 saturated carbocycles. The summed E-state index contributed by atoms with van der Waals surface area (Å²) in [6.07, 6.45) is 4.35. The number of hydrogen-bond donors (Lipinski definition) is 1. The Hall–Kier alpha value is -3.27. The number of nitrogens with zero attached hydrogens (tertiary/aromatic N) is 1. The Morgan fingerprint density at radius 1 is 0.852 bits per heavy atom. The third-order valence-electron chi connectivity index (χ3n) is 4.82. The summed E-state index contributed by atoms with van der Waals surface area (Å²) >= 11 is 0. The van der Waals surface area contributed by atoms with Gasteiger partial charge in [0.2, 0.25) is 0 Å². The van der Waals surface area contributed by atoms with E-state index in [4.69, 9.17) is 13.8 Å². The van der Waals surface area contributed by atoms with Crippen LogP contribution in [0.25, 0.3) is 44.5 Å². The molecule has 1 N–H and O–H groups in total. The van der Waals surface area contributed by atoms with E-state index < -0.39 is 0 Å². The fraction of sp³-hybridized carbons (Fsp3) is 0.174. The van der Waals surface area contributed by atoms with E-state index in [0.717, 1.165) is 56.7 Å². The Balaban J connectivity index is 1.69. The second-order valence-electron chi connectivity index (χ2n) is 7.35. The van der Waals surface area contributed by atoms with Crippen molar-refractivity contribution in [3.63, 3.8) is 0 Å². The zero-order valence-electron chi connectivity index (χ0n) is 15.3. The number of aromatic nitrogens is 2. The van der Waals surface area contributed by atoms with Gasteiger partial charge in [0.1, 0.15) is 17.0 Å². The van der Waals surface area contributed by atoms with E-state index in [1.165, 1.54) is 0 Å². The number of aromatic amines is 1. The van der Waals surface area contributed by atoms with Gasteiger partial charge in [-0.05, 0) is 54.4 Å². The molecule has 0 aliphatic carbocycles. The molecule has 3 heterocycles. The molecule has 0 aliphatic rings. The summed E-state index contributed by atoms with van der Waals surface area (Å²) in [6, 6.07) is 16.4. The first kappa shape index (κ1) is 15.9. The third-order valence-corrected chi connectivity index (χ3v) is 4.82. The smallest absolute Gasteiger partial charge is 0.133 e. The molecule has 4 nitrogen and oxygen atoms in total. The van der Waals surface area contributed by atoms with Crippen molar-refractivity contribution < 1.29 is 8.83 Å². The van der Waals surface area contributed by atoms with Crippen LogP contribution in [0.3, 0.4) is 0 Å². The van der Waals surface area contributed by atoms with E-state index in [2.05, 4.69) is 43.1 Å². The van der Waals surface area contributed by atoms with Gasteiger partial charge >= 0.3 is 0 Å². The minimum Gasteiger partial charge on any atom is -0.464 e. The summed E-state index contributed by atoms with van der Waals surface area (Å²) in [4.78, 5) is 8.51. The monoisotopic (exact) mass is 356 g/mol. The zero-order valence-corrected chi connectivity index (χ0v) is 15.3. The Kier molecular flexibility index (Phi) is 3.64. The molecular formula is C23H20N2O2. The minimum atomic E-state index is 0.532. The highest BCUT2D eigenvalue weighted by Crippen LogP contribution is 2.34. The van der Waals surface area contributed by atoms with Crippen molar-refractivity contribution in [2.24, 2.45) is 5.92 Å². The van der Waals surface area contributed by atoms with Gasteiger partial charge in [0.05, 0.1) is 23.9 Å². The van der Waals surface area contributed by atoms with Gasteiger partial charge in [-0.1, -0.05) is 13.8 Å². The standard InChI is InChI=1S/C23H20N2O2/c1-14(2)11-21-24-22(17-3-5-19-15(12-17)7-9-26-19)23(25-21)18-4-6-20-16(13-18)8-10-27-20/h3-10,12-14H,11H2,1-2H3,(H,24,25). The molecule has 2 aromatic carbocycles. The van der Waals surface area contributed by atoms with Gasteiger partial charge in [-0.25, -0.2) is 4.98 Å². The Morgan fingerprint density at radius 2 is 1.48 bits per heavy atom. The van der Waals surface area contributed by atoms with Gasteiger partial charge in [-0.15, -0.1) is 0 Å². The Labute approximate surface area is 156 Å². The molecule has 134 valence electrons. The Morgan fingerprint density at radius 3 is 2.15 bits per heavy atom. The molecule has 4 heteroatoms. The lowest BCUT2D eigenvalue weighted by Gasteiger charge is -2.04. The first-order valence-corrected chi connectivity index (χ1v) is 9.21. The number of furan rings is 2. The van der Waals surface area contributed by atoms with Crippen LogP contribution in [0.15, 0.2) is 69.9 Å². The number of imidazole rings is 1. The van der Waals surface area contributed by atoms with Crippen LogP contribution in [0.2, 0.25) is 0 Å². The van der Waals surface area contributed by atoms with Crippen LogP contribution < -0.4 is 0 Å². The van der Waals surface area contributed by atoms with Crippen molar-refractivity contribution in [1.29, 1.82) is 0 Å². The summed E-state index contributed by atoms with van der Waals surface area (Å²) in [5.74, 6) is 1.54. The second kappa shape index (κ2) is 6.16. The minimum absolute atomic E-state index is 0.532. The number of H-pyrrole nitrogens is 1. The lowest BCUT2D eigenvalue weighted by molar-refractivity contribution is 0.615. The molecule has 3 aromatic heterocycles. The van der Waals surface area contributed by atoms with Crippen LogP contribution in [-0.2, 0) is 6.42 Å². The summed E-state index contributed by atoms with van der Waals surface area (Å²) in [5, 5.41) is 2.17. The highest BCUT2D eigenvalue weighted by Gasteiger charge is 2.16. The second-order valence-corrected chi connectivity index (χ2v) is 7.35.